The van der Waals surface area contributed by atoms with Crippen LogP contribution in [-0.4, -0.2) is 77.1 Å². The Morgan fingerprint density at radius 3 is 2.69 bits per heavy atom. The summed E-state index contributed by atoms with van der Waals surface area (Å²) in [6.07, 6.45) is 3.27. The molecule has 0 aromatic heterocycles. The van der Waals surface area contributed by atoms with E-state index < -0.39 is 0 Å². The van der Waals surface area contributed by atoms with Gasteiger partial charge in [0.25, 0.3) is 0 Å². The van der Waals surface area contributed by atoms with Gasteiger partial charge in [-0.1, -0.05) is 31.5 Å². The molecule has 7 nitrogen and oxygen atoms in total. The Morgan fingerprint density at radius 1 is 1.10 bits per heavy atom. The molecule has 0 amide bonds. The predicted octanol–water partition coefficient (Wildman–Crippen LogP) is 2.27. The number of guanidine groups is 1. The van der Waals surface area contributed by atoms with E-state index in [-0.39, 0.29) is 0 Å². The standard InChI is InChI=1S/C22H38N4O3/c1-3-4-14-27-15-7-10-24-22(23-2)25-19-20-8-5-6-9-21(20)29-18-13-26-11-16-28-17-12-26/h5-6,8-9H,3-4,7,10-19H2,1-2H3,(H2,23,24,25). The van der Waals surface area contributed by atoms with Crippen molar-refractivity contribution < 1.29 is 14.2 Å². The van der Waals surface area contributed by atoms with E-state index >= 15 is 0 Å². The van der Waals surface area contributed by atoms with Crippen LogP contribution in [0.4, 0.5) is 0 Å². The molecule has 0 radical (unpaired) electrons. The summed E-state index contributed by atoms with van der Waals surface area (Å²) >= 11 is 0. The van der Waals surface area contributed by atoms with E-state index in [1.165, 1.54) is 6.42 Å². The van der Waals surface area contributed by atoms with Crippen LogP contribution in [0.2, 0.25) is 0 Å². The van der Waals surface area contributed by atoms with Gasteiger partial charge in [0.2, 0.25) is 0 Å². The third kappa shape index (κ3) is 9.96. The molecule has 2 N–H and O–H groups in total. The number of hydrogen-bond acceptors (Lipinski definition) is 5. The molecule has 7 heteroatoms. The van der Waals surface area contributed by atoms with Crippen LogP contribution >= 0.6 is 0 Å². The van der Waals surface area contributed by atoms with Crippen molar-refractivity contribution in [2.75, 3.05) is 66.3 Å². The first-order chi connectivity index (χ1) is 14.3. The number of para-hydroxylation sites is 1. The van der Waals surface area contributed by atoms with Crippen LogP contribution in [0.5, 0.6) is 5.75 Å². The van der Waals surface area contributed by atoms with Crippen molar-refractivity contribution >= 4 is 5.96 Å². The highest BCUT2D eigenvalue weighted by Crippen LogP contribution is 2.17. The Balaban J connectivity index is 1.67. The summed E-state index contributed by atoms with van der Waals surface area (Å²) in [5.41, 5.74) is 1.13. The molecule has 1 saturated heterocycles. The second-order valence-electron chi connectivity index (χ2n) is 7.08. The van der Waals surface area contributed by atoms with E-state index in [9.17, 15) is 0 Å². The number of rotatable bonds is 13. The third-order valence-electron chi connectivity index (χ3n) is 4.81. The number of benzene rings is 1. The van der Waals surface area contributed by atoms with Gasteiger partial charge in [-0.25, -0.2) is 0 Å². The van der Waals surface area contributed by atoms with Crippen LogP contribution in [0.3, 0.4) is 0 Å². The lowest BCUT2D eigenvalue weighted by Gasteiger charge is -2.26. The third-order valence-corrected chi connectivity index (χ3v) is 4.81. The zero-order valence-corrected chi connectivity index (χ0v) is 18.1. The molecule has 0 aliphatic carbocycles. The lowest BCUT2D eigenvalue weighted by atomic mass is 10.2. The van der Waals surface area contributed by atoms with Gasteiger partial charge in [0.15, 0.2) is 5.96 Å². The molecule has 1 aromatic carbocycles. The average molecular weight is 407 g/mol. The monoisotopic (exact) mass is 406 g/mol. The fourth-order valence-corrected chi connectivity index (χ4v) is 3.03. The minimum Gasteiger partial charge on any atom is -0.492 e. The van der Waals surface area contributed by atoms with Crippen molar-refractivity contribution in [2.24, 2.45) is 4.99 Å². The zero-order chi connectivity index (χ0) is 20.6. The van der Waals surface area contributed by atoms with Crippen LogP contribution in [0.25, 0.3) is 0 Å². The van der Waals surface area contributed by atoms with E-state index in [4.69, 9.17) is 14.2 Å². The van der Waals surface area contributed by atoms with Crippen LogP contribution in [0.15, 0.2) is 29.3 Å². The van der Waals surface area contributed by atoms with Crippen molar-refractivity contribution in [1.29, 1.82) is 0 Å². The van der Waals surface area contributed by atoms with Crippen LogP contribution in [0.1, 0.15) is 31.7 Å². The minimum atomic E-state index is 0.667. The molecule has 1 aromatic rings. The molecular weight excluding hydrogens is 368 g/mol. The maximum atomic E-state index is 6.05. The number of unbranched alkanes of at least 4 members (excludes halogenated alkanes) is 1. The molecule has 29 heavy (non-hydrogen) atoms. The first-order valence-electron chi connectivity index (χ1n) is 10.9. The Hall–Kier alpha value is -1.83. The molecule has 2 rings (SSSR count). The Kier molecular flexibility index (Phi) is 12.2. The molecule has 1 fully saturated rings. The van der Waals surface area contributed by atoms with Crippen molar-refractivity contribution in [1.82, 2.24) is 15.5 Å². The second-order valence-corrected chi connectivity index (χ2v) is 7.08. The number of aliphatic imine (C=N–C) groups is 1. The van der Waals surface area contributed by atoms with Gasteiger partial charge in [-0.05, 0) is 18.9 Å². The lowest BCUT2D eigenvalue weighted by Crippen LogP contribution is -2.39. The largest absolute Gasteiger partial charge is 0.492 e. The minimum absolute atomic E-state index is 0.667. The highest BCUT2D eigenvalue weighted by Gasteiger charge is 2.10. The summed E-state index contributed by atoms with van der Waals surface area (Å²) < 4.78 is 17.0. The highest BCUT2D eigenvalue weighted by molar-refractivity contribution is 5.79. The molecule has 0 spiro atoms. The van der Waals surface area contributed by atoms with E-state index in [0.717, 1.165) is 82.7 Å². The van der Waals surface area contributed by atoms with Crippen LogP contribution in [-0.2, 0) is 16.0 Å². The summed E-state index contributed by atoms with van der Waals surface area (Å²) in [5, 5.41) is 6.70. The van der Waals surface area contributed by atoms with Gasteiger partial charge in [-0.15, -0.1) is 0 Å². The van der Waals surface area contributed by atoms with Gasteiger partial charge < -0.3 is 24.8 Å². The average Bonchev–Trinajstić information content (AvgIpc) is 2.77. The molecule has 1 aliphatic rings. The van der Waals surface area contributed by atoms with Crippen molar-refractivity contribution in [3.63, 3.8) is 0 Å². The smallest absolute Gasteiger partial charge is 0.191 e. The Morgan fingerprint density at radius 2 is 1.90 bits per heavy atom. The Bertz CT molecular complexity index is 577. The fraction of sp³-hybridized carbons (Fsp3) is 0.682. The first kappa shape index (κ1) is 23.4. The van der Waals surface area contributed by atoms with Gasteiger partial charge in [0, 0.05) is 58.5 Å². The molecule has 1 aliphatic heterocycles. The van der Waals surface area contributed by atoms with Gasteiger partial charge in [-0.3, -0.25) is 9.89 Å². The topological polar surface area (TPSA) is 67.3 Å². The predicted molar refractivity (Wildman–Crippen MR) is 118 cm³/mol. The number of hydrogen-bond donors (Lipinski definition) is 2. The van der Waals surface area contributed by atoms with Crippen LogP contribution < -0.4 is 15.4 Å². The van der Waals surface area contributed by atoms with E-state index in [1.807, 2.05) is 18.2 Å². The first-order valence-corrected chi connectivity index (χ1v) is 10.9. The number of nitrogens with zero attached hydrogens (tertiary/aromatic N) is 2. The van der Waals surface area contributed by atoms with E-state index in [2.05, 4.69) is 33.5 Å². The molecule has 1 heterocycles. The summed E-state index contributed by atoms with van der Waals surface area (Å²) in [7, 11) is 1.79. The molecule has 0 saturated carbocycles. The summed E-state index contributed by atoms with van der Waals surface area (Å²) in [5.74, 6) is 1.72. The maximum Gasteiger partial charge on any atom is 0.191 e. The summed E-state index contributed by atoms with van der Waals surface area (Å²) in [6, 6.07) is 8.17. The summed E-state index contributed by atoms with van der Waals surface area (Å²) in [6.45, 7) is 10.5. The second kappa shape index (κ2) is 15.1. The van der Waals surface area contributed by atoms with Crippen molar-refractivity contribution in [3.8, 4) is 5.75 Å². The Labute approximate surface area is 175 Å². The summed E-state index contributed by atoms with van der Waals surface area (Å²) in [4.78, 5) is 6.67. The number of ether oxygens (including phenoxy) is 3. The van der Waals surface area contributed by atoms with Gasteiger partial charge in [0.05, 0.1) is 13.2 Å². The molecule has 0 atom stereocenters. The van der Waals surface area contributed by atoms with E-state index in [0.29, 0.717) is 13.2 Å². The van der Waals surface area contributed by atoms with Crippen molar-refractivity contribution in [3.05, 3.63) is 29.8 Å². The molecule has 164 valence electrons. The quantitative estimate of drug-likeness (QED) is 0.298. The highest BCUT2D eigenvalue weighted by atomic mass is 16.5. The molecule has 0 bridgehead atoms. The van der Waals surface area contributed by atoms with Gasteiger partial charge >= 0.3 is 0 Å². The maximum absolute atomic E-state index is 6.05. The normalized spacial score (nSPS) is 15.3. The molecule has 0 unspecified atom stereocenters. The van der Waals surface area contributed by atoms with Crippen LogP contribution in [0, 0.1) is 0 Å². The van der Waals surface area contributed by atoms with Gasteiger partial charge in [-0.2, -0.15) is 0 Å². The van der Waals surface area contributed by atoms with Crippen molar-refractivity contribution in [2.45, 2.75) is 32.7 Å². The van der Waals surface area contributed by atoms with E-state index in [1.54, 1.807) is 7.05 Å². The molecular formula is C22H38N4O3. The number of morpholine rings is 1. The fourth-order valence-electron chi connectivity index (χ4n) is 3.03. The van der Waals surface area contributed by atoms with Gasteiger partial charge in [0.1, 0.15) is 12.4 Å². The SMILES string of the molecule is CCCCOCCCNC(=NC)NCc1ccccc1OCCN1CCOCC1. The lowest BCUT2D eigenvalue weighted by molar-refractivity contribution is 0.0322. The zero-order valence-electron chi connectivity index (χ0n) is 18.1. The number of nitrogens with one attached hydrogen (secondary N) is 2.